The quantitative estimate of drug-likeness (QED) is 0.540. The van der Waals surface area contributed by atoms with Gasteiger partial charge in [0, 0.05) is 18.4 Å². The molecule has 0 bridgehead atoms. The Morgan fingerprint density at radius 3 is 2.12 bits per heavy atom. The number of anilines is 2. The molecule has 0 spiro atoms. The third kappa shape index (κ3) is 4.80. The van der Waals surface area contributed by atoms with Gasteiger partial charge in [-0.05, 0) is 35.4 Å². The highest BCUT2D eigenvalue weighted by Crippen LogP contribution is 2.22. The smallest absolute Gasteiger partial charge is 0.244 e. The fourth-order valence-corrected chi connectivity index (χ4v) is 2.58. The van der Waals surface area contributed by atoms with Gasteiger partial charge in [-0.2, -0.15) is 5.10 Å². The number of carbonyl (C=O) groups is 1. The van der Waals surface area contributed by atoms with Gasteiger partial charge in [0.1, 0.15) is 0 Å². The second-order valence-corrected chi connectivity index (χ2v) is 5.94. The summed E-state index contributed by atoms with van der Waals surface area (Å²) in [4.78, 5) is 14.0. The third-order valence-electron chi connectivity index (χ3n) is 4.03. The normalized spacial score (nSPS) is 10.7. The Bertz CT molecular complexity index is 859. The second kappa shape index (κ2) is 8.62. The summed E-state index contributed by atoms with van der Waals surface area (Å²) in [6, 6.07) is 27.8. The lowest BCUT2D eigenvalue weighted by Gasteiger charge is -2.19. The van der Waals surface area contributed by atoms with Crippen LogP contribution in [-0.4, -0.2) is 19.2 Å². The Kier molecular flexibility index (Phi) is 5.78. The molecule has 0 unspecified atom stereocenters. The molecule has 26 heavy (non-hydrogen) atoms. The first-order valence-corrected chi connectivity index (χ1v) is 8.47. The minimum absolute atomic E-state index is 0.132. The van der Waals surface area contributed by atoms with Crippen molar-refractivity contribution in [3.05, 3.63) is 96.1 Å². The highest BCUT2D eigenvalue weighted by molar-refractivity contribution is 5.83. The van der Waals surface area contributed by atoms with Crippen LogP contribution < -0.4 is 10.3 Å². The lowest BCUT2D eigenvalue weighted by atomic mass is 10.1. The molecule has 0 fully saturated rings. The van der Waals surface area contributed by atoms with E-state index in [1.807, 2.05) is 79.8 Å². The van der Waals surface area contributed by atoms with Crippen LogP contribution in [0.3, 0.4) is 0 Å². The number of benzene rings is 3. The molecule has 0 saturated heterocycles. The molecule has 0 radical (unpaired) electrons. The molecule has 0 saturated carbocycles. The summed E-state index contributed by atoms with van der Waals surface area (Å²) in [5, 5.41) is 4.03. The summed E-state index contributed by atoms with van der Waals surface area (Å²) in [5.41, 5.74) is 6.67. The molecule has 3 aromatic rings. The van der Waals surface area contributed by atoms with E-state index in [1.54, 1.807) is 6.21 Å². The van der Waals surface area contributed by atoms with Crippen molar-refractivity contribution in [2.75, 3.05) is 11.9 Å². The monoisotopic (exact) mass is 343 g/mol. The Labute approximate surface area is 153 Å². The van der Waals surface area contributed by atoms with Crippen LogP contribution in [0.5, 0.6) is 0 Å². The van der Waals surface area contributed by atoms with Gasteiger partial charge in [-0.1, -0.05) is 60.7 Å². The van der Waals surface area contributed by atoms with E-state index in [1.165, 1.54) is 0 Å². The molecule has 4 heteroatoms. The lowest BCUT2D eigenvalue weighted by Crippen LogP contribution is -2.19. The zero-order valence-corrected chi connectivity index (χ0v) is 14.7. The number of amides is 1. The maximum atomic E-state index is 11.9. The topological polar surface area (TPSA) is 44.7 Å². The molecule has 0 aliphatic carbocycles. The van der Waals surface area contributed by atoms with Crippen molar-refractivity contribution < 1.29 is 4.79 Å². The molecule has 4 nitrogen and oxygen atoms in total. The molecular formula is C22H21N3O. The van der Waals surface area contributed by atoms with Crippen LogP contribution in [-0.2, 0) is 11.2 Å². The SMILES string of the molecule is CN(c1ccccc1)c1ccc(/C=N\NC(=O)Cc2ccccc2)cc1. The van der Waals surface area contributed by atoms with Crippen LogP contribution in [0.1, 0.15) is 11.1 Å². The molecule has 130 valence electrons. The number of nitrogens with one attached hydrogen (secondary N) is 1. The maximum Gasteiger partial charge on any atom is 0.244 e. The lowest BCUT2D eigenvalue weighted by molar-refractivity contribution is -0.120. The number of hydrogen-bond acceptors (Lipinski definition) is 3. The van der Waals surface area contributed by atoms with E-state index < -0.39 is 0 Å². The second-order valence-electron chi connectivity index (χ2n) is 5.94. The van der Waals surface area contributed by atoms with Gasteiger partial charge in [-0.3, -0.25) is 4.79 Å². The van der Waals surface area contributed by atoms with Gasteiger partial charge >= 0.3 is 0 Å². The minimum Gasteiger partial charge on any atom is -0.345 e. The van der Waals surface area contributed by atoms with Crippen LogP contribution in [0.4, 0.5) is 11.4 Å². The number of para-hydroxylation sites is 1. The van der Waals surface area contributed by atoms with Crippen molar-refractivity contribution in [3.63, 3.8) is 0 Å². The zero-order valence-electron chi connectivity index (χ0n) is 14.7. The predicted octanol–water partition coefficient (Wildman–Crippen LogP) is 4.15. The van der Waals surface area contributed by atoms with Crippen molar-refractivity contribution in [3.8, 4) is 0 Å². The van der Waals surface area contributed by atoms with Crippen LogP contribution in [0, 0.1) is 0 Å². The van der Waals surface area contributed by atoms with E-state index >= 15 is 0 Å². The molecule has 0 aromatic heterocycles. The highest BCUT2D eigenvalue weighted by atomic mass is 16.2. The molecule has 3 aromatic carbocycles. The van der Waals surface area contributed by atoms with Crippen LogP contribution in [0.15, 0.2) is 90.0 Å². The standard InChI is InChI=1S/C22H21N3O/c1-25(20-10-6-3-7-11-20)21-14-12-19(13-15-21)17-23-24-22(26)16-18-8-4-2-5-9-18/h2-15,17H,16H2,1H3,(H,24,26)/b23-17-. The fraction of sp³-hybridized carbons (Fsp3) is 0.0909. The van der Waals surface area contributed by atoms with Gasteiger partial charge in [-0.25, -0.2) is 5.43 Å². The summed E-state index contributed by atoms with van der Waals surface area (Å²) in [6.07, 6.45) is 1.97. The van der Waals surface area contributed by atoms with Crippen molar-refractivity contribution >= 4 is 23.5 Å². The summed E-state index contributed by atoms with van der Waals surface area (Å²) in [7, 11) is 2.03. The molecular weight excluding hydrogens is 322 g/mol. The molecule has 3 rings (SSSR count). The zero-order chi connectivity index (χ0) is 18.2. The first kappa shape index (κ1) is 17.4. The number of carbonyl (C=O) groups excluding carboxylic acids is 1. The average Bonchev–Trinajstić information content (AvgIpc) is 2.69. The summed E-state index contributed by atoms with van der Waals surface area (Å²) >= 11 is 0. The largest absolute Gasteiger partial charge is 0.345 e. The predicted molar refractivity (Wildman–Crippen MR) is 107 cm³/mol. The summed E-state index contributed by atoms with van der Waals surface area (Å²) in [5.74, 6) is -0.132. The molecule has 0 atom stereocenters. The van der Waals surface area contributed by atoms with Gasteiger partial charge in [0.15, 0.2) is 0 Å². The van der Waals surface area contributed by atoms with Crippen molar-refractivity contribution in [1.29, 1.82) is 0 Å². The molecule has 0 aliphatic heterocycles. The van der Waals surface area contributed by atoms with Gasteiger partial charge < -0.3 is 4.90 Å². The summed E-state index contributed by atoms with van der Waals surface area (Å²) in [6.45, 7) is 0. The summed E-state index contributed by atoms with van der Waals surface area (Å²) < 4.78 is 0. The Balaban J connectivity index is 1.55. The number of hydrazone groups is 1. The fourth-order valence-electron chi connectivity index (χ4n) is 2.58. The van der Waals surface area contributed by atoms with Gasteiger partial charge in [0.2, 0.25) is 5.91 Å². The van der Waals surface area contributed by atoms with Crippen molar-refractivity contribution in [1.82, 2.24) is 5.43 Å². The van der Waals surface area contributed by atoms with Gasteiger partial charge in [0.05, 0.1) is 12.6 Å². The van der Waals surface area contributed by atoms with Crippen LogP contribution in [0.2, 0.25) is 0 Å². The number of hydrogen-bond donors (Lipinski definition) is 1. The van der Waals surface area contributed by atoms with Crippen molar-refractivity contribution in [2.45, 2.75) is 6.42 Å². The molecule has 0 aliphatic rings. The van der Waals surface area contributed by atoms with Crippen LogP contribution >= 0.6 is 0 Å². The Morgan fingerprint density at radius 2 is 1.46 bits per heavy atom. The first-order chi connectivity index (χ1) is 12.7. The maximum absolute atomic E-state index is 11.9. The Hall–Kier alpha value is -3.40. The van der Waals surface area contributed by atoms with Gasteiger partial charge in [0.25, 0.3) is 0 Å². The van der Waals surface area contributed by atoms with Crippen molar-refractivity contribution in [2.24, 2.45) is 5.10 Å². The van der Waals surface area contributed by atoms with Gasteiger partial charge in [-0.15, -0.1) is 0 Å². The van der Waals surface area contributed by atoms with E-state index in [4.69, 9.17) is 0 Å². The van der Waals surface area contributed by atoms with E-state index in [9.17, 15) is 4.79 Å². The molecule has 0 heterocycles. The number of rotatable bonds is 6. The van der Waals surface area contributed by atoms with E-state index in [2.05, 4.69) is 27.6 Å². The van der Waals surface area contributed by atoms with E-state index in [0.29, 0.717) is 6.42 Å². The molecule has 1 N–H and O–H groups in total. The van der Waals surface area contributed by atoms with E-state index in [0.717, 1.165) is 22.5 Å². The minimum atomic E-state index is -0.132. The van der Waals surface area contributed by atoms with E-state index in [-0.39, 0.29) is 5.91 Å². The van der Waals surface area contributed by atoms with Crippen LogP contribution in [0.25, 0.3) is 0 Å². The first-order valence-electron chi connectivity index (χ1n) is 8.47. The molecule has 1 amide bonds. The third-order valence-corrected chi connectivity index (χ3v) is 4.03. The highest BCUT2D eigenvalue weighted by Gasteiger charge is 2.03. The average molecular weight is 343 g/mol. The number of nitrogens with zero attached hydrogens (tertiary/aromatic N) is 2. The Morgan fingerprint density at radius 1 is 0.885 bits per heavy atom.